The van der Waals surface area contributed by atoms with Crippen LogP contribution in [0.4, 0.5) is 5.82 Å². The third-order valence-corrected chi connectivity index (χ3v) is 6.34. The summed E-state index contributed by atoms with van der Waals surface area (Å²) < 4.78 is 5.75. The maximum absolute atomic E-state index is 13.3. The number of ether oxygens (including phenoxy) is 1. The molecule has 1 amide bonds. The van der Waals surface area contributed by atoms with Gasteiger partial charge in [0.1, 0.15) is 17.3 Å². The van der Waals surface area contributed by atoms with Crippen molar-refractivity contribution < 1.29 is 19.4 Å². The van der Waals surface area contributed by atoms with Crippen LogP contribution in [0.3, 0.4) is 0 Å². The molecule has 6 heteroatoms. The number of rotatable bonds is 6. The van der Waals surface area contributed by atoms with Crippen LogP contribution in [0.1, 0.15) is 62.4 Å². The van der Waals surface area contributed by atoms with E-state index in [-0.39, 0.29) is 16.7 Å². The number of carbonyl (C=O) groups is 2. The highest BCUT2D eigenvalue weighted by Gasteiger charge is 2.47. The van der Waals surface area contributed by atoms with Crippen molar-refractivity contribution in [2.45, 2.75) is 52.5 Å². The Labute approximate surface area is 212 Å². The lowest BCUT2D eigenvalue weighted by Gasteiger charge is -2.26. The molecular weight excluding hydrogens is 452 g/mol. The highest BCUT2D eigenvalue weighted by molar-refractivity contribution is 6.51. The van der Waals surface area contributed by atoms with Gasteiger partial charge in [0.25, 0.3) is 5.78 Å². The Morgan fingerprint density at radius 1 is 1.06 bits per heavy atom. The van der Waals surface area contributed by atoms with Gasteiger partial charge in [0.2, 0.25) is 0 Å². The van der Waals surface area contributed by atoms with Gasteiger partial charge in [0.05, 0.1) is 18.2 Å². The number of aliphatic hydroxyl groups excluding tert-OH is 1. The van der Waals surface area contributed by atoms with Crippen LogP contribution in [0.2, 0.25) is 0 Å². The fourth-order valence-corrected chi connectivity index (χ4v) is 4.37. The topological polar surface area (TPSA) is 79.7 Å². The second-order valence-electron chi connectivity index (χ2n) is 10.1. The normalized spacial score (nSPS) is 17.5. The molecule has 1 atom stereocenters. The summed E-state index contributed by atoms with van der Waals surface area (Å²) in [5.41, 5.74) is 3.11. The fraction of sp³-hybridized carbons (Fsp3) is 0.300. The zero-order chi connectivity index (χ0) is 26.0. The van der Waals surface area contributed by atoms with E-state index in [2.05, 4.69) is 25.8 Å². The Morgan fingerprint density at radius 3 is 2.36 bits per heavy atom. The number of Topliss-reactive ketones (excluding diaryl/α,β-unsaturated/α-hetero) is 1. The van der Waals surface area contributed by atoms with Gasteiger partial charge in [-0.1, -0.05) is 58.0 Å². The molecule has 2 heterocycles. The number of anilines is 1. The van der Waals surface area contributed by atoms with Crippen molar-refractivity contribution in [1.29, 1.82) is 0 Å². The Morgan fingerprint density at radius 2 is 1.78 bits per heavy atom. The van der Waals surface area contributed by atoms with Gasteiger partial charge in [-0.15, -0.1) is 0 Å². The molecule has 0 aliphatic carbocycles. The lowest BCUT2D eigenvalue weighted by molar-refractivity contribution is -0.132. The molecular formula is C30H32N2O4. The first-order valence-electron chi connectivity index (χ1n) is 12.2. The number of carbonyl (C=O) groups excluding carboxylic acids is 2. The number of hydrogen-bond acceptors (Lipinski definition) is 5. The van der Waals surface area contributed by atoms with Crippen LogP contribution in [-0.4, -0.2) is 28.4 Å². The Bertz CT molecular complexity index is 1310. The van der Waals surface area contributed by atoms with Crippen LogP contribution in [-0.2, 0) is 15.0 Å². The molecule has 186 valence electrons. The van der Waals surface area contributed by atoms with Crippen molar-refractivity contribution in [3.63, 3.8) is 0 Å². The molecule has 6 nitrogen and oxygen atoms in total. The van der Waals surface area contributed by atoms with Crippen LogP contribution < -0.4 is 9.64 Å². The zero-order valence-electron chi connectivity index (χ0n) is 21.4. The summed E-state index contributed by atoms with van der Waals surface area (Å²) in [5.74, 6) is -0.617. The van der Waals surface area contributed by atoms with Gasteiger partial charge in [-0.25, -0.2) is 4.98 Å². The zero-order valence-corrected chi connectivity index (χ0v) is 21.4. The van der Waals surface area contributed by atoms with Crippen LogP contribution in [0.25, 0.3) is 5.76 Å². The summed E-state index contributed by atoms with van der Waals surface area (Å²) in [5, 5.41) is 11.4. The number of amides is 1. The first-order chi connectivity index (χ1) is 17.1. The quantitative estimate of drug-likeness (QED) is 0.260. The van der Waals surface area contributed by atoms with Crippen molar-refractivity contribution in [1.82, 2.24) is 4.98 Å². The summed E-state index contributed by atoms with van der Waals surface area (Å²) in [6.45, 7) is 10.9. The van der Waals surface area contributed by atoms with E-state index in [0.717, 1.165) is 23.3 Å². The first-order valence-corrected chi connectivity index (χ1v) is 12.2. The molecule has 1 saturated heterocycles. The Kier molecular flexibility index (Phi) is 6.97. The molecule has 1 unspecified atom stereocenters. The van der Waals surface area contributed by atoms with Crippen molar-refractivity contribution in [3.8, 4) is 5.75 Å². The maximum atomic E-state index is 13.3. The molecule has 36 heavy (non-hydrogen) atoms. The molecule has 0 radical (unpaired) electrons. The molecule has 3 aromatic rings. The molecule has 0 bridgehead atoms. The van der Waals surface area contributed by atoms with Crippen molar-refractivity contribution in [3.05, 3.63) is 94.7 Å². The number of ketones is 1. The summed E-state index contributed by atoms with van der Waals surface area (Å²) >= 11 is 0. The lowest BCUT2D eigenvalue weighted by atomic mass is 9.85. The number of nitrogens with zero attached hydrogens (tertiary/aromatic N) is 2. The van der Waals surface area contributed by atoms with Gasteiger partial charge in [0.15, 0.2) is 0 Å². The van der Waals surface area contributed by atoms with Gasteiger partial charge < -0.3 is 9.84 Å². The van der Waals surface area contributed by atoms with E-state index in [1.807, 2.05) is 38.1 Å². The minimum Gasteiger partial charge on any atom is -0.507 e. The van der Waals surface area contributed by atoms with Gasteiger partial charge in [-0.2, -0.15) is 0 Å². The Hall–Kier alpha value is -3.93. The van der Waals surface area contributed by atoms with E-state index in [0.29, 0.717) is 23.6 Å². The minimum atomic E-state index is -0.815. The van der Waals surface area contributed by atoms with Crippen LogP contribution in [0.15, 0.2) is 72.4 Å². The summed E-state index contributed by atoms with van der Waals surface area (Å²) in [4.78, 5) is 32.3. The highest BCUT2D eigenvalue weighted by Crippen LogP contribution is 2.42. The predicted octanol–water partition coefficient (Wildman–Crippen LogP) is 6.10. The standard InChI is InChI=1S/C30H32N2O4/c1-6-17-36-23-15-12-21(18-19(23)2)27(33)25-26(20-10-13-22(14-11-20)30(3,4)5)32(29(35)28(25)34)24-9-7-8-16-31-24/h7-16,18,26,33H,6,17H2,1-5H3. The molecule has 1 aromatic heterocycles. The molecule has 1 fully saturated rings. The largest absolute Gasteiger partial charge is 0.507 e. The molecule has 1 aliphatic heterocycles. The third-order valence-electron chi connectivity index (χ3n) is 6.34. The number of pyridine rings is 1. The monoisotopic (exact) mass is 484 g/mol. The second-order valence-corrected chi connectivity index (χ2v) is 10.1. The molecule has 1 N–H and O–H groups in total. The molecule has 1 aliphatic rings. The van der Waals surface area contributed by atoms with Crippen molar-refractivity contribution in [2.75, 3.05) is 11.5 Å². The maximum Gasteiger partial charge on any atom is 0.301 e. The fourth-order valence-electron chi connectivity index (χ4n) is 4.37. The van der Waals surface area contributed by atoms with Gasteiger partial charge in [-0.05, 0) is 65.8 Å². The molecule has 4 rings (SSSR count). The predicted molar refractivity (Wildman–Crippen MR) is 141 cm³/mol. The summed E-state index contributed by atoms with van der Waals surface area (Å²) in [6, 6.07) is 17.5. The number of aliphatic hydroxyl groups is 1. The SMILES string of the molecule is CCCOc1ccc(C(O)=C2C(=O)C(=O)N(c3ccccn3)C2c2ccc(C(C)(C)C)cc2)cc1C. The number of benzene rings is 2. The van der Waals surface area contributed by atoms with E-state index in [1.54, 1.807) is 42.6 Å². The van der Waals surface area contributed by atoms with E-state index in [4.69, 9.17) is 4.74 Å². The summed E-state index contributed by atoms with van der Waals surface area (Å²) in [6.07, 6.45) is 2.46. The van der Waals surface area contributed by atoms with E-state index in [1.165, 1.54) is 4.90 Å². The van der Waals surface area contributed by atoms with E-state index < -0.39 is 17.7 Å². The highest BCUT2D eigenvalue weighted by atomic mass is 16.5. The van der Waals surface area contributed by atoms with Crippen molar-refractivity contribution >= 4 is 23.3 Å². The molecule has 0 saturated carbocycles. The minimum absolute atomic E-state index is 0.0378. The first kappa shape index (κ1) is 25.2. The summed E-state index contributed by atoms with van der Waals surface area (Å²) in [7, 11) is 0. The number of aromatic nitrogens is 1. The smallest absolute Gasteiger partial charge is 0.301 e. The van der Waals surface area contributed by atoms with Gasteiger partial charge >= 0.3 is 5.91 Å². The van der Waals surface area contributed by atoms with Crippen LogP contribution >= 0.6 is 0 Å². The lowest BCUT2D eigenvalue weighted by Crippen LogP contribution is -2.30. The van der Waals surface area contributed by atoms with Crippen molar-refractivity contribution in [2.24, 2.45) is 0 Å². The van der Waals surface area contributed by atoms with Gasteiger partial charge in [-0.3, -0.25) is 14.5 Å². The Balaban J connectivity index is 1.87. The number of aryl methyl sites for hydroxylation is 1. The van der Waals surface area contributed by atoms with Crippen LogP contribution in [0, 0.1) is 6.92 Å². The number of hydrogen-bond donors (Lipinski definition) is 1. The average Bonchev–Trinajstić information content (AvgIpc) is 3.13. The van der Waals surface area contributed by atoms with Crippen LogP contribution in [0.5, 0.6) is 5.75 Å². The molecule has 2 aromatic carbocycles. The van der Waals surface area contributed by atoms with Gasteiger partial charge in [0, 0.05) is 11.8 Å². The third kappa shape index (κ3) is 4.76. The van der Waals surface area contributed by atoms with E-state index in [9.17, 15) is 14.7 Å². The second kappa shape index (κ2) is 9.97. The average molecular weight is 485 g/mol. The molecule has 0 spiro atoms. The van der Waals surface area contributed by atoms with E-state index >= 15 is 0 Å².